The van der Waals surface area contributed by atoms with Crippen LogP contribution < -0.4 is 5.56 Å². The summed E-state index contributed by atoms with van der Waals surface area (Å²) in [5.74, 6) is 0.698. The van der Waals surface area contributed by atoms with E-state index in [2.05, 4.69) is 4.90 Å². The Bertz CT molecular complexity index is 418. The van der Waals surface area contributed by atoms with E-state index in [1.165, 1.54) is 25.7 Å². The lowest BCUT2D eigenvalue weighted by molar-refractivity contribution is 0.207. The summed E-state index contributed by atoms with van der Waals surface area (Å²) in [7, 11) is 0. The van der Waals surface area contributed by atoms with Gasteiger partial charge in [0.25, 0.3) is 5.56 Å². The highest BCUT2D eigenvalue weighted by molar-refractivity contribution is 6.18. The molecule has 100 valence electrons. The van der Waals surface area contributed by atoms with Crippen LogP contribution in [0.5, 0.6) is 0 Å². The standard InChI is InChI=1S/C14H21ClN2O/c15-12-13-6-2-1-4-8-16(13)10-11-17-9-5-3-7-14(17)18/h3,5,7,9,13H,1-2,4,6,8,10-12H2. The molecule has 0 saturated carbocycles. The third-order valence-electron chi connectivity index (χ3n) is 3.70. The summed E-state index contributed by atoms with van der Waals surface area (Å²) in [5, 5.41) is 0. The molecule has 1 aromatic rings. The minimum Gasteiger partial charge on any atom is -0.314 e. The summed E-state index contributed by atoms with van der Waals surface area (Å²) in [6.07, 6.45) is 6.87. The average molecular weight is 269 g/mol. The van der Waals surface area contributed by atoms with Crippen LogP contribution in [0.3, 0.4) is 0 Å². The number of aromatic nitrogens is 1. The average Bonchev–Trinajstić information content (AvgIpc) is 2.62. The van der Waals surface area contributed by atoms with Crippen molar-refractivity contribution in [3.8, 4) is 0 Å². The predicted molar refractivity (Wildman–Crippen MR) is 75.3 cm³/mol. The first-order valence-corrected chi connectivity index (χ1v) is 7.30. The van der Waals surface area contributed by atoms with Gasteiger partial charge in [0.15, 0.2) is 0 Å². The molecule has 0 N–H and O–H groups in total. The minimum absolute atomic E-state index is 0.0785. The van der Waals surface area contributed by atoms with Crippen molar-refractivity contribution in [3.05, 3.63) is 34.7 Å². The molecule has 4 heteroatoms. The van der Waals surface area contributed by atoms with Crippen molar-refractivity contribution in [3.63, 3.8) is 0 Å². The van der Waals surface area contributed by atoms with Crippen molar-refractivity contribution in [2.75, 3.05) is 19.0 Å². The lowest BCUT2D eigenvalue weighted by Gasteiger charge is -2.28. The van der Waals surface area contributed by atoms with Crippen LogP contribution in [-0.4, -0.2) is 34.5 Å². The summed E-state index contributed by atoms with van der Waals surface area (Å²) in [4.78, 5) is 14.1. The Morgan fingerprint density at radius 3 is 2.89 bits per heavy atom. The number of likely N-dealkylation sites (tertiary alicyclic amines) is 1. The number of pyridine rings is 1. The van der Waals surface area contributed by atoms with Crippen molar-refractivity contribution < 1.29 is 0 Å². The quantitative estimate of drug-likeness (QED) is 0.783. The molecule has 1 aromatic heterocycles. The smallest absolute Gasteiger partial charge is 0.250 e. The van der Waals surface area contributed by atoms with Crippen molar-refractivity contribution in [2.45, 2.75) is 38.3 Å². The van der Waals surface area contributed by atoms with Crippen LogP contribution in [0.15, 0.2) is 29.2 Å². The number of halogens is 1. The first-order chi connectivity index (χ1) is 8.81. The third kappa shape index (κ3) is 3.59. The van der Waals surface area contributed by atoms with Gasteiger partial charge in [-0.05, 0) is 25.5 Å². The molecule has 0 bridgehead atoms. The molecule has 1 unspecified atom stereocenters. The van der Waals surface area contributed by atoms with Gasteiger partial charge in [-0.1, -0.05) is 18.9 Å². The molecular weight excluding hydrogens is 248 g/mol. The molecule has 1 aliphatic heterocycles. The van der Waals surface area contributed by atoms with Crippen LogP contribution in [0.25, 0.3) is 0 Å². The van der Waals surface area contributed by atoms with Gasteiger partial charge < -0.3 is 4.57 Å². The largest absolute Gasteiger partial charge is 0.314 e. The summed E-state index contributed by atoms with van der Waals surface area (Å²) in [6.45, 7) is 2.79. The van der Waals surface area contributed by atoms with Crippen LogP contribution in [0, 0.1) is 0 Å². The predicted octanol–water partition coefficient (Wildman–Crippen LogP) is 2.33. The molecule has 2 rings (SSSR count). The van der Waals surface area contributed by atoms with E-state index >= 15 is 0 Å². The molecule has 3 nitrogen and oxygen atoms in total. The molecule has 0 amide bonds. The second-order valence-corrected chi connectivity index (χ2v) is 5.23. The van der Waals surface area contributed by atoms with Gasteiger partial charge >= 0.3 is 0 Å². The number of rotatable bonds is 4. The highest BCUT2D eigenvalue weighted by Gasteiger charge is 2.19. The van der Waals surface area contributed by atoms with Crippen LogP contribution in [0.4, 0.5) is 0 Å². The van der Waals surface area contributed by atoms with Gasteiger partial charge in [-0.3, -0.25) is 9.69 Å². The lowest BCUT2D eigenvalue weighted by Crippen LogP contribution is -2.39. The maximum absolute atomic E-state index is 11.6. The number of hydrogen-bond acceptors (Lipinski definition) is 2. The van der Waals surface area contributed by atoms with Crippen molar-refractivity contribution in [1.82, 2.24) is 9.47 Å². The Kier molecular flexibility index (Phi) is 5.26. The minimum atomic E-state index is 0.0785. The van der Waals surface area contributed by atoms with Gasteiger partial charge in [0.1, 0.15) is 0 Å². The number of nitrogens with zero attached hydrogens (tertiary/aromatic N) is 2. The molecule has 18 heavy (non-hydrogen) atoms. The van der Waals surface area contributed by atoms with Gasteiger partial charge in [-0.15, -0.1) is 11.6 Å². The first kappa shape index (κ1) is 13.6. The SMILES string of the molecule is O=c1ccccn1CCN1CCCCCC1CCl. The monoisotopic (exact) mass is 268 g/mol. The molecule has 1 saturated heterocycles. The third-order valence-corrected chi connectivity index (χ3v) is 4.06. The molecule has 0 spiro atoms. The molecule has 0 radical (unpaired) electrons. The maximum atomic E-state index is 11.6. The Hall–Kier alpha value is -0.800. The van der Waals surface area contributed by atoms with Crippen LogP contribution in [-0.2, 0) is 6.54 Å². The van der Waals surface area contributed by atoms with Gasteiger partial charge in [-0.2, -0.15) is 0 Å². The lowest BCUT2D eigenvalue weighted by atomic mass is 10.1. The summed E-state index contributed by atoms with van der Waals surface area (Å²) in [5.41, 5.74) is 0.0785. The van der Waals surface area contributed by atoms with Gasteiger partial charge in [0, 0.05) is 37.3 Å². The van der Waals surface area contributed by atoms with E-state index in [0.717, 1.165) is 19.6 Å². The van der Waals surface area contributed by atoms with E-state index in [1.807, 2.05) is 12.3 Å². The number of hydrogen-bond donors (Lipinski definition) is 0. The van der Waals surface area contributed by atoms with Crippen molar-refractivity contribution >= 4 is 11.6 Å². The van der Waals surface area contributed by atoms with E-state index in [1.54, 1.807) is 16.7 Å². The topological polar surface area (TPSA) is 25.2 Å². The fourth-order valence-corrected chi connectivity index (χ4v) is 2.94. The highest BCUT2D eigenvalue weighted by Crippen LogP contribution is 2.17. The fourth-order valence-electron chi connectivity index (χ4n) is 2.59. The van der Waals surface area contributed by atoms with Gasteiger partial charge in [-0.25, -0.2) is 0 Å². The second-order valence-electron chi connectivity index (χ2n) is 4.93. The Morgan fingerprint density at radius 1 is 1.22 bits per heavy atom. The van der Waals surface area contributed by atoms with Crippen LogP contribution >= 0.6 is 11.6 Å². The Morgan fingerprint density at radius 2 is 2.11 bits per heavy atom. The van der Waals surface area contributed by atoms with Crippen LogP contribution in [0.1, 0.15) is 25.7 Å². The summed E-state index contributed by atoms with van der Waals surface area (Å²) >= 11 is 6.05. The molecule has 0 aromatic carbocycles. The summed E-state index contributed by atoms with van der Waals surface area (Å²) in [6, 6.07) is 5.78. The molecule has 2 heterocycles. The second kappa shape index (κ2) is 6.95. The molecular formula is C14H21ClN2O. The maximum Gasteiger partial charge on any atom is 0.250 e. The van der Waals surface area contributed by atoms with E-state index in [-0.39, 0.29) is 5.56 Å². The molecule has 1 fully saturated rings. The summed E-state index contributed by atoms with van der Waals surface area (Å²) < 4.78 is 1.77. The number of alkyl halides is 1. The van der Waals surface area contributed by atoms with E-state index in [0.29, 0.717) is 11.9 Å². The van der Waals surface area contributed by atoms with Crippen LogP contribution in [0.2, 0.25) is 0 Å². The van der Waals surface area contributed by atoms with Crippen molar-refractivity contribution in [2.24, 2.45) is 0 Å². The molecule has 0 aliphatic carbocycles. The molecule has 1 atom stereocenters. The van der Waals surface area contributed by atoms with Crippen molar-refractivity contribution in [1.29, 1.82) is 0 Å². The normalized spacial score (nSPS) is 21.7. The first-order valence-electron chi connectivity index (χ1n) is 6.77. The molecule has 1 aliphatic rings. The van der Waals surface area contributed by atoms with E-state index < -0.39 is 0 Å². The van der Waals surface area contributed by atoms with Gasteiger partial charge in [0.05, 0.1) is 0 Å². The zero-order valence-electron chi connectivity index (χ0n) is 10.7. The van der Waals surface area contributed by atoms with Gasteiger partial charge in [0.2, 0.25) is 0 Å². The fraction of sp³-hybridized carbons (Fsp3) is 0.643. The highest BCUT2D eigenvalue weighted by atomic mass is 35.5. The van der Waals surface area contributed by atoms with E-state index in [4.69, 9.17) is 11.6 Å². The Balaban J connectivity index is 1.95. The zero-order valence-corrected chi connectivity index (χ0v) is 11.5. The Labute approximate surface area is 113 Å². The van der Waals surface area contributed by atoms with E-state index in [9.17, 15) is 4.79 Å². The zero-order chi connectivity index (χ0) is 12.8.